The minimum atomic E-state index is -1.96. The lowest BCUT2D eigenvalue weighted by molar-refractivity contribution is -0.161. The summed E-state index contributed by atoms with van der Waals surface area (Å²) in [5.74, 6) is -2.82. The number of ether oxygens (including phenoxy) is 1. The molecule has 0 saturated carbocycles. The lowest BCUT2D eigenvalue weighted by Crippen LogP contribution is -2.57. The van der Waals surface area contributed by atoms with Gasteiger partial charge in [0.15, 0.2) is 11.3 Å². The van der Waals surface area contributed by atoms with E-state index in [1.54, 1.807) is 20.8 Å². The molecule has 2 N–H and O–H groups in total. The molecule has 0 bridgehead atoms. The van der Waals surface area contributed by atoms with Crippen molar-refractivity contribution in [2.24, 2.45) is 0 Å². The quantitative estimate of drug-likeness (QED) is 0.417. The Bertz CT molecular complexity index is 467. The molecule has 0 aliphatic carbocycles. The summed E-state index contributed by atoms with van der Waals surface area (Å²) in [5, 5.41) is 19.2. The first kappa shape index (κ1) is 17.3. The minimum Gasteiger partial charge on any atom is -0.480 e. The lowest BCUT2D eigenvalue weighted by atomic mass is 9.90. The number of carbonyl (C=O) groups excluding carboxylic acids is 2. The van der Waals surface area contributed by atoms with Gasteiger partial charge in [-0.1, -0.05) is 6.58 Å². The van der Waals surface area contributed by atoms with Crippen molar-refractivity contribution in [2.45, 2.75) is 44.4 Å². The van der Waals surface area contributed by atoms with E-state index in [9.17, 15) is 24.6 Å². The first-order chi connectivity index (χ1) is 9.52. The van der Waals surface area contributed by atoms with E-state index >= 15 is 0 Å². The van der Waals surface area contributed by atoms with Gasteiger partial charge in [-0.3, -0.25) is 14.5 Å². The van der Waals surface area contributed by atoms with Gasteiger partial charge in [0.05, 0.1) is 12.6 Å². The molecular formula is C14H21NO6. The zero-order chi connectivity index (χ0) is 16.4. The van der Waals surface area contributed by atoms with E-state index in [2.05, 4.69) is 6.58 Å². The van der Waals surface area contributed by atoms with Crippen molar-refractivity contribution in [1.29, 1.82) is 0 Å². The van der Waals surface area contributed by atoms with Crippen molar-refractivity contribution in [3.05, 3.63) is 12.7 Å². The van der Waals surface area contributed by atoms with Crippen LogP contribution in [0.15, 0.2) is 12.7 Å². The van der Waals surface area contributed by atoms with E-state index in [1.807, 2.05) is 0 Å². The molecule has 1 unspecified atom stereocenters. The predicted octanol–water partition coefficient (Wildman–Crippen LogP) is -0.0268. The summed E-state index contributed by atoms with van der Waals surface area (Å²) in [7, 11) is 0. The second-order valence-electron chi connectivity index (χ2n) is 6.06. The van der Waals surface area contributed by atoms with Crippen LogP contribution in [-0.2, 0) is 19.1 Å². The predicted molar refractivity (Wildman–Crippen MR) is 73.6 cm³/mol. The molecule has 1 heterocycles. The van der Waals surface area contributed by atoms with Gasteiger partial charge >= 0.3 is 11.9 Å². The van der Waals surface area contributed by atoms with E-state index in [4.69, 9.17) is 4.74 Å². The summed E-state index contributed by atoms with van der Waals surface area (Å²) in [4.78, 5) is 36.6. The van der Waals surface area contributed by atoms with Crippen molar-refractivity contribution >= 4 is 17.7 Å². The summed E-state index contributed by atoms with van der Waals surface area (Å²) in [6.07, 6.45) is -0.392. The molecule has 2 atom stereocenters. The summed E-state index contributed by atoms with van der Waals surface area (Å²) in [6.45, 7) is 7.86. The van der Waals surface area contributed by atoms with E-state index < -0.39 is 35.0 Å². The number of carboxylic acid groups (broad SMARTS) is 1. The largest absolute Gasteiger partial charge is 0.480 e. The zero-order valence-electron chi connectivity index (χ0n) is 12.5. The molecule has 0 spiro atoms. The van der Waals surface area contributed by atoms with Crippen LogP contribution in [-0.4, -0.2) is 63.2 Å². The number of hydrogen-bond acceptors (Lipinski definition) is 6. The molecule has 0 aromatic carbocycles. The number of carbonyl (C=O) groups is 3. The SMILES string of the molecule is C=CC(=O)[C@@]1(C(=O)O)CC(O)CN1CC(=O)OC(C)(C)C. The Balaban J connectivity index is 3.02. The maximum absolute atomic E-state index is 12.0. The van der Waals surface area contributed by atoms with Gasteiger partial charge in [0.1, 0.15) is 5.60 Å². The molecule has 0 aromatic rings. The summed E-state index contributed by atoms with van der Waals surface area (Å²) in [5.41, 5.74) is -2.68. The van der Waals surface area contributed by atoms with Crippen LogP contribution in [0.2, 0.25) is 0 Å². The molecule has 1 aliphatic heterocycles. The highest BCUT2D eigenvalue weighted by molar-refractivity contribution is 6.13. The van der Waals surface area contributed by atoms with Gasteiger partial charge in [-0.2, -0.15) is 0 Å². The first-order valence-electron chi connectivity index (χ1n) is 6.58. The average molecular weight is 299 g/mol. The number of β-amino-alcohol motifs (C(OH)–C–C–N with tert-alkyl or cyclic N) is 1. The third-order valence-electron chi connectivity index (χ3n) is 3.19. The molecule has 0 amide bonds. The normalized spacial score (nSPS) is 26.4. The number of hydrogen-bond donors (Lipinski definition) is 2. The third kappa shape index (κ3) is 3.68. The smallest absolute Gasteiger partial charge is 0.332 e. The number of carboxylic acids is 1. The third-order valence-corrected chi connectivity index (χ3v) is 3.19. The molecule has 0 aromatic heterocycles. The van der Waals surface area contributed by atoms with Crippen LogP contribution in [0.25, 0.3) is 0 Å². The Morgan fingerprint density at radius 1 is 1.43 bits per heavy atom. The van der Waals surface area contributed by atoms with Crippen LogP contribution in [0.5, 0.6) is 0 Å². The van der Waals surface area contributed by atoms with E-state index in [-0.39, 0.29) is 19.5 Å². The maximum Gasteiger partial charge on any atom is 0.332 e. The topological polar surface area (TPSA) is 104 Å². The van der Waals surface area contributed by atoms with Crippen LogP contribution < -0.4 is 0 Å². The summed E-state index contributed by atoms with van der Waals surface area (Å²) >= 11 is 0. The minimum absolute atomic E-state index is 0.0921. The second kappa shape index (κ2) is 5.95. The first-order valence-corrected chi connectivity index (χ1v) is 6.58. The molecule has 1 aliphatic rings. The highest BCUT2D eigenvalue weighted by Crippen LogP contribution is 2.31. The number of aliphatic carboxylic acids is 1. The van der Waals surface area contributed by atoms with Crippen molar-refractivity contribution in [2.75, 3.05) is 13.1 Å². The van der Waals surface area contributed by atoms with E-state index in [1.165, 1.54) is 0 Å². The van der Waals surface area contributed by atoms with Gasteiger partial charge < -0.3 is 14.9 Å². The fraction of sp³-hybridized carbons (Fsp3) is 0.643. The highest BCUT2D eigenvalue weighted by Gasteiger charge is 2.56. The Morgan fingerprint density at radius 3 is 2.43 bits per heavy atom. The Morgan fingerprint density at radius 2 is 2.00 bits per heavy atom. The average Bonchev–Trinajstić information content (AvgIpc) is 2.63. The van der Waals surface area contributed by atoms with Crippen LogP contribution in [0.4, 0.5) is 0 Å². The number of aliphatic hydroxyl groups is 1. The summed E-state index contributed by atoms with van der Waals surface area (Å²) in [6, 6.07) is 0. The maximum atomic E-state index is 12.0. The fourth-order valence-corrected chi connectivity index (χ4v) is 2.43. The zero-order valence-corrected chi connectivity index (χ0v) is 12.5. The van der Waals surface area contributed by atoms with Crippen LogP contribution in [0.1, 0.15) is 27.2 Å². The van der Waals surface area contributed by atoms with Crippen LogP contribution >= 0.6 is 0 Å². The molecule has 1 saturated heterocycles. The standard InChI is InChI=1S/C14H21NO6/c1-5-10(17)14(12(19)20)6-9(16)7-15(14)8-11(18)21-13(2,3)4/h5,9,16H,1,6-8H2,2-4H3,(H,19,20)/t9?,14-/m1/s1. The van der Waals surface area contributed by atoms with Gasteiger partial charge in [-0.25, -0.2) is 4.79 Å². The Kier molecular flexibility index (Phi) is 4.91. The lowest BCUT2D eigenvalue weighted by Gasteiger charge is -2.32. The molecule has 118 valence electrons. The van der Waals surface area contributed by atoms with Crippen LogP contribution in [0.3, 0.4) is 0 Å². The molecule has 7 heteroatoms. The Hall–Kier alpha value is -1.73. The van der Waals surface area contributed by atoms with Gasteiger partial charge in [0.2, 0.25) is 0 Å². The molecule has 21 heavy (non-hydrogen) atoms. The van der Waals surface area contributed by atoms with Gasteiger partial charge in [-0.15, -0.1) is 0 Å². The van der Waals surface area contributed by atoms with Crippen molar-refractivity contribution < 1.29 is 29.3 Å². The molecule has 7 nitrogen and oxygen atoms in total. The molecule has 0 radical (unpaired) electrons. The number of aliphatic hydroxyl groups excluding tert-OH is 1. The second-order valence-corrected chi connectivity index (χ2v) is 6.06. The number of esters is 1. The number of nitrogens with zero attached hydrogens (tertiary/aromatic N) is 1. The molecule has 1 fully saturated rings. The monoisotopic (exact) mass is 299 g/mol. The Labute approximate surface area is 123 Å². The van der Waals surface area contributed by atoms with Crippen molar-refractivity contribution in [3.63, 3.8) is 0 Å². The van der Waals surface area contributed by atoms with Gasteiger partial charge in [-0.05, 0) is 26.8 Å². The fourth-order valence-electron chi connectivity index (χ4n) is 2.43. The summed E-state index contributed by atoms with van der Waals surface area (Å²) < 4.78 is 5.13. The number of rotatable bonds is 5. The van der Waals surface area contributed by atoms with Gasteiger partial charge in [0, 0.05) is 13.0 Å². The van der Waals surface area contributed by atoms with E-state index in [0.29, 0.717) is 0 Å². The van der Waals surface area contributed by atoms with Crippen LogP contribution in [0, 0.1) is 0 Å². The molecule has 1 rings (SSSR count). The van der Waals surface area contributed by atoms with E-state index in [0.717, 1.165) is 11.0 Å². The highest BCUT2D eigenvalue weighted by atomic mass is 16.6. The van der Waals surface area contributed by atoms with Crippen molar-refractivity contribution in [1.82, 2.24) is 4.90 Å². The number of likely N-dealkylation sites (tertiary alicyclic amines) is 1. The van der Waals surface area contributed by atoms with Gasteiger partial charge in [0.25, 0.3) is 0 Å². The van der Waals surface area contributed by atoms with Crippen molar-refractivity contribution in [3.8, 4) is 0 Å². The number of ketones is 1. The molecular weight excluding hydrogens is 278 g/mol.